The molecule has 3 rings (SSSR count). The fourth-order valence-corrected chi connectivity index (χ4v) is 4.22. The highest BCUT2D eigenvalue weighted by atomic mass is 35.5. The number of aliphatic hydroxyl groups excluding tert-OH is 1. The number of aliphatic hydroxyl groups is 1. The first-order chi connectivity index (χ1) is 17.4. The van der Waals surface area contributed by atoms with Gasteiger partial charge in [-0.3, -0.25) is 14.9 Å². The summed E-state index contributed by atoms with van der Waals surface area (Å²) in [6.07, 6.45) is 1.39. The van der Waals surface area contributed by atoms with Crippen molar-refractivity contribution in [3.8, 4) is 5.75 Å². The molecular weight excluding hydrogens is 480 g/mol. The summed E-state index contributed by atoms with van der Waals surface area (Å²) in [5.41, 5.74) is 2.00. The van der Waals surface area contributed by atoms with Gasteiger partial charge >= 0.3 is 0 Å². The molecule has 7 nitrogen and oxygen atoms in total. The number of rotatable bonds is 13. The lowest BCUT2D eigenvalue weighted by Gasteiger charge is -2.23. The van der Waals surface area contributed by atoms with Crippen LogP contribution in [0.2, 0.25) is 5.02 Å². The first-order valence-corrected chi connectivity index (χ1v) is 12.4. The van der Waals surface area contributed by atoms with Crippen molar-refractivity contribution in [2.75, 3.05) is 6.61 Å². The molecule has 0 heterocycles. The monoisotopic (exact) mass is 510 g/mol. The number of nitro groups is 1. The van der Waals surface area contributed by atoms with E-state index in [2.05, 4.69) is 0 Å². The topological polar surface area (TPSA) is 92.9 Å². The van der Waals surface area contributed by atoms with Crippen molar-refractivity contribution in [3.05, 3.63) is 105 Å². The summed E-state index contributed by atoms with van der Waals surface area (Å²) < 4.78 is 5.74. The number of unbranched alkanes of at least 4 members (excludes halogenated alkanes) is 2. The minimum atomic E-state index is -1.10. The number of hydrogen-bond donors (Lipinski definition) is 1. The van der Waals surface area contributed by atoms with E-state index in [1.807, 2.05) is 65.6 Å². The zero-order chi connectivity index (χ0) is 25.9. The number of nitro benzene ring substituents is 1. The molecule has 0 aliphatic carbocycles. The molecule has 3 aromatic carbocycles. The first kappa shape index (κ1) is 27.2. The van der Waals surface area contributed by atoms with E-state index in [1.54, 1.807) is 0 Å². The molecule has 0 radical (unpaired) electrons. The van der Waals surface area contributed by atoms with Crippen LogP contribution in [0.4, 0.5) is 5.69 Å². The summed E-state index contributed by atoms with van der Waals surface area (Å²) in [7, 11) is 0. The number of carbonyl (C=O) groups is 1. The molecule has 0 aliphatic heterocycles. The number of halogens is 1. The summed E-state index contributed by atoms with van der Waals surface area (Å²) in [6, 6.07) is 22.5. The van der Waals surface area contributed by atoms with Crippen molar-refractivity contribution in [3.63, 3.8) is 0 Å². The van der Waals surface area contributed by atoms with Crippen molar-refractivity contribution in [2.24, 2.45) is 0 Å². The number of benzene rings is 3. The van der Waals surface area contributed by atoms with Crippen LogP contribution in [0.15, 0.2) is 72.8 Å². The molecule has 0 aliphatic rings. The van der Waals surface area contributed by atoms with Crippen molar-refractivity contribution < 1.29 is 19.6 Å². The van der Waals surface area contributed by atoms with Gasteiger partial charge in [0.05, 0.1) is 22.7 Å². The minimum Gasteiger partial charge on any atom is -0.491 e. The number of amides is 1. The van der Waals surface area contributed by atoms with Crippen LogP contribution in [0.3, 0.4) is 0 Å². The standard InChI is InChI=1S/C28H31ClN2O5/c1-21(32)27-25(31(34)35)17-16-24(29)28(27)36-18-10-4-9-15-26(33)30(19-22-11-5-2-6-12-22)20-23-13-7-3-8-14-23/h2-3,5-8,11-14,16-17,21,32H,4,9-10,15,18-20H2,1H3. The van der Waals surface area contributed by atoms with Gasteiger partial charge in [-0.2, -0.15) is 0 Å². The lowest BCUT2D eigenvalue weighted by atomic mass is 10.1. The summed E-state index contributed by atoms with van der Waals surface area (Å²) in [5, 5.41) is 21.6. The Bertz CT molecular complexity index is 1100. The maximum atomic E-state index is 13.1. The Morgan fingerprint density at radius 3 is 2.08 bits per heavy atom. The number of nitrogens with zero attached hydrogens (tertiary/aromatic N) is 2. The third kappa shape index (κ3) is 7.80. The normalized spacial score (nSPS) is 11.6. The Kier molecular flexibility index (Phi) is 10.3. The molecule has 0 fully saturated rings. The van der Waals surface area contributed by atoms with E-state index in [-0.39, 0.29) is 34.5 Å². The maximum absolute atomic E-state index is 13.1. The summed E-state index contributed by atoms with van der Waals surface area (Å²) >= 11 is 6.19. The highest BCUT2D eigenvalue weighted by molar-refractivity contribution is 6.32. The smallest absolute Gasteiger partial charge is 0.279 e. The molecule has 1 atom stereocenters. The van der Waals surface area contributed by atoms with Crippen molar-refractivity contribution in [1.29, 1.82) is 0 Å². The van der Waals surface area contributed by atoms with Crippen molar-refractivity contribution >= 4 is 23.2 Å². The molecule has 36 heavy (non-hydrogen) atoms. The van der Waals surface area contributed by atoms with Crippen LogP contribution in [-0.4, -0.2) is 27.4 Å². The van der Waals surface area contributed by atoms with E-state index in [9.17, 15) is 20.0 Å². The zero-order valence-electron chi connectivity index (χ0n) is 20.3. The van der Waals surface area contributed by atoms with E-state index in [1.165, 1.54) is 19.1 Å². The van der Waals surface area contributed by atoms with E-state index in [0.29, 0.717) is 32.4 Å². The van der Waals surface area contributed by atoms with E-state index in [4.69, 9.17) is 16.3 Å². The lowest BCUT2D eigenvalue weighted by Crippen LogP contribution is -2.29. The lowest BCUT2D eigenvalue weighted by molar-refractivity contribution is -0.386. The average molecular weight is 511 g/mol. The molecule has 3 aromatic rings. The average Bonchev–Trinajstić information content (AvgIpc) is 2.87. The quantitative estimate of drug-likeness (QED) is 0.161. The molecule has 0 spiro atoms. The third-order valence-corrected chi connectivity index (χ3v) is 6.10. The van der Waals surface area contributed by atoms with Crippen LogP contribution in [0, 0.1) is 10.1 Å². The summed E-state index contributed by atoms with van der Waals surface area (Å²) in [5.74, 6) is 0.218. The predicted molar refractivity (Wildman–Crippen MR) is 140 cm³/mol. The van der Waals surface area contributed by atoms with Crippen LogP contribution in [-0.2, 0) is 17.9 Å². The molecule has 0 saturated heterocycles. The van der Waals surface area contributed by atoms with Crippen LogP contribution in [0.25, 0.3) is 0 Å². The van der Waals surface area contributed by atoms with Crippen LogP contribution in [0.5, 0.6) is 5.75 Å². The molecule has 0 bridgehead atoms. The molecule has 1 N–H and O–H groups in total. The Hall–Kier alpha value is -3.42. The Labute approximate surface area is 216 Å². The van der Waals surface area contributed by atoms with Gasteiger partial charge in [-0.05, 0) is 43.4 Å². The second kappa shape index (κ2) is 13.6. The van der Waals surface area contributed by atoms with Gasteiger partial charge in [0, 0.05) is 25.6 Å². The van der Waals surface area contributed by atoms with Gasteiger partial charge in [-0.25, -0.2) is 0 Å². The zero-order valence-corrected chi connectivity index (χ0v) is 21.1. The van der Waals surface area contributed by atoms with E-state index < -0.39 is 11.0 Å². The molecule has 190 valence electrons. The van der Waals surface area contributed by atoms with Crippen LogP contribution >= 0.6 is 11.6 Å². The summed E-state index contributed by atoms with van der Waals surface area (Å²) in [4.78, 5) is 25.7. The van der Waals surface area contributed by atoms with Gasteiger partial charge in [0.25, 0.3) is 5.69 Å². The molecule has 1 amide bonds. The van der Waals surface area contributed by atoms with E-state index >= 15 is 0 Å². The molecule has 8 heteroatoms. The Morgan fingerprint density at radius 1 is 0.972 bits per heavy atom. The predicted octanol–water partition coefficient (Wildman–Crippen LogP) is 6.47. The fourth-order valence-electron chi connectivity index (χ4n) is 4.00. The van der Waals surface area contributed by atoms with Gasteiger partial charge in [0.1, 0.15) is 5.56 Å². The largest absolute Gasteiger partial charge is 0.491 e. The number of hydrogen-bond acceptors (Lipinski definition) is 5. The molecule has 0 saturated carbocycles. The van der Waals surface area contributed by atoms with E-state index in [0.717, 1.165) is 17.5 Å². The molecule has 0 aromatic heterocycles. The van der Waals surface area contributed by atoms with Gasteiger partial charge in [0.15, 0.2) is 5.75 Å². The second-order valence-electron chi connectivity index (χ2n) is 8.62. The summed E-state index contributed by atoms with van der Waals surface area (Å²) in [6.45, 7) is 2.80. The van der Waals surface area contributed by atoms with Crippen LogP contribution in [0.1, 0.15) is 55.4 Å². The van der Waals surface area contributed by atoms with Crippen molar-refractivity contribution in [2.45, 2.75) is 51.8 Å². The van der Waals surface area contributed by atoms with Gasteiger partial charge in [0.2, 0.25) is 5.91 Å². The number of carbonyl (C=O) groups excluding carboxylic acids is 1. The Morgan fingerprint density at radius 2 is 1.56 bits per heavy atom. The van der Waals surface area contributed by atoms with Crippen LogP contribution < -0.4 is 4.74 Å². The first-order valence-electron chi connectivity index (χ1n) is 12.0. The fraction of sp³-hybridized carbons (Fsp3) is 0.321. The maximum Gasteiger partial charge on any atom is 0.279 e. The van der Waals surface area contributed by atoms with Gasteiger partial charge in [-0.1, -0.05) is 72.3 Å². The minimum absolute atomic E-state index is 0.0696. The highest BCUT2D eigenvalue weighted by Gasteiger charge is 2.25. The van der Waals surface area contributed by atoms with Gasteiger partial charge in [-0.15, -0.1) is 0 Å². The molecule has 1 unspecified atom stereocenters. The van der Waals surface area contributed by atoms with Crippen molar-refractivity contribution in [1.82, 2.24) is 4.90 Å². The van der Waals surface area contributed by atoms with Gasteiger partial charge < -0.3 is 14.7 Å². The third-order valence-electron chi connectivity index (χ3n) is 5.81. The Balaban J connectivity index is 1.53. The second-order valence-corrected chi connectivity index (χ2v) is 9.03. The number of ether oxygens (including phenoxy) is 1. The highest BCUT2D eigenvalue weighted by Crippen LogP contribution is 2.39. The molecular formula is C28H31ClN2O5. The SMILES string of the molecule is CC(O)c1c([N+](=O)[O-])ccc(Cl)c1OCCCCCC(=O)N(Cc1ccccc1)Cc1ccccc1.